The minimum Gasteiger partial charge on any atom is -0.385 e. The minimum atomic E-state index is 0.479. The summed E-state index contributed by atoms with van der Waals surface area (Å²) in [6.07, 6.45) is 4.87. The summed E-state index contributed by atoms with van der Waals surface area (Å²) in [6, 6.07) is 2.02. The Morgan fingerprint density at radius 1 is 1.64 bits per heavy atom. The molecule has 1 atom stereocenters. The van der Waals surface area contributed by atoms with Gasteiger partial charge < -0.3 is 5.32 Å². The standard InChI is InChI=1S/C8H9BrN2/c9-7-1-4-11-8-2-3-10-5-6(7)8/h2-3,5,7,11H,1,4H2/t7-/m0/s1. The molecular formula is C8H9BrN2. The predicted octanol–water partition coefficient (Wildman–Crippen LogP) is 2.33. The van der Waals surface area contributed by atoms with E-state index in [4.69, 9.17) is 0 Å². The predicted molar refractivity (Wildman–Crippen MR) is 49.0 cm³/mol. The van der Waals surface area contributed by atoms with E-state index in [9.17, 15) is 0 Å². The molecule has 1 aromatic heterocycles. The van der Waals surface area contributed by atoms with Gasteiger partial charge in [0.15, 0.2) is 0 Å². The van der Waals surface area contributed by atoms with Gasteiger partial charge in [-0.1, -0.05) is 15.9 Å². The molecule has 2 heterocycles. The molecule has 0 saturated carbocycles. The third-order valence-electron chi connectivity index (χ3n) is 1.90. The van der Waals surface area contributed by atoms with E-state index in [1.54, 1.807) is 0 Å². The summed E-state index contributed by atoms with van der Waals surface area (Å²) in [7, 11) is 0. The monoisotopic (exact) mass is 212 g/mol. The highest BCUT2D eigenvalue weighted by Crippen LogP contribution is 2.34. The number of fused-ring (bicyclic) bond motifs is 1. The Hall–Kier alpha value is -0.570. The lowest BCUT2D eigenvalue weighted by molar-refractivity contribution is 0.817. The minimum absolute atomic E-state index is 0.479. The van der Waals surface area contributed by atoms with Gasteiger partial charge in [-0.15, -0.1) is 0 Å². The summed E-state index contributed by atoms with van der Waals surface area (Å²) >= 11 is 3.61. The number of nitrogens with one attached hydrogen (secondary N) is 1. The molecule has 0 radical (unpaired) electrons. The first-order valence-corrected chi connectivity index (χ1v) is 4.61. The van der Waals surface area contributed by atoms with Gasteiger partial charge in [0.1, 0.15) is 0 Å². The molecule has 0 aliphatic carbocycles. The van der Waals surface area contributed by atoms with Crippen LogP contribution < -0.4 is 5.32 Å². The topological polar surface area (TPSA) is 24.9 Å². The van der Waals surface area contributed by atoms with Gasteiger partial charge in [-0.05, 0) is 12.5 Å². The maximum absolute atomic E-state index is 4.08. The van der Waals surface area contributed by atoms with Crippen molar-refractivity contribution in [3.8, 4) is 0 Å². The van der Waals surface area contributed by atoms with Gasteiger partial charge in [-0.2, -0.15) is 0 Å². The van der Waals surface area contributed by atoms with Gasteiger partial charge >= 0.3 is 0 Å². The second-order valence-electron chi connectivity index (χ2n) is 2.65. The molecule has 2 nitrogen and oxygen atoms in total. The molecule has 0 saturated heterocycles. The first-order valence-electron chi connectivity index (χ1n) is 3.70. The molecule has 1 aliphatic rings. The zero-order valence-electron chi connectivity index (χ0n) is 6.05. The normalized spacial score (nSPS) is 22.1. The van der Waals surface area contributed by atoms with Crippen LogP contribution in [0.1, 0.15) is 16.8 Å². The SMILES string of the molecule is Br[C@H]1CCNc2ccncc21. The van der Waals surface area contributed by atoms with Crippen LogP contribution in [0.15, 0.2) is 18.5 Å². The lowest BCUT2D eigenvalue weighted by Crippen LogP contribution is -2.13. The van der Waals surface area contributed by atoms with E-state index in [1.807, 2.05) is 18.5 Å². The highest BCUT2D eigenvalue weighted by molar-refractivity contribution is 9.09. The van der Waals surface area contributed by atoms with E-state index >= 15 is 0 Å². The lowest BCUT2D eigenvalue weighted by atomic mass is 10.1. The van der Waals surface area contributed by atoms with Gasteiger partial charge in [0.05, 0.1) is 0 Å². The molecule has 0 bridgehead atoms. The van der Waals surface area contributed by atoms with Gasteiger partial charge in [0.25, 0.3) is 0 Å². The average Bonchev–Trinajstić information content (AvgIpc) is 2.06. The number of halogens is 1. The Labute approximate surface area is 74.2 Å². The molecule has 11 heavy (non-hydrogen) atoms. The molecule has 0 spiro atoms. The summed E-state index contributed by atoms with van der Waals surface area (Å²) < 4.78 is 0. The molecule has 1 N–H and O–H groups in total. The second-order valence-corrected chi connectivity index (χ2v) is 3.75. The van der Waals surface area contributed by atoms with E-state index in [-0.39, 0.29) is 0 Å². The van der Waals surface area contributed by atoms with Crippen molar-refractivity contribution >= 4 is 21.6 Å². The van der Waals surface area contributed by atoms with Crippen molar-refractivity contribution in [2.45, 2.75) is 11.2 Å². The van der Waals surface area contributed by atoms with Crippen molar-refractivity contribution in [2.24, 2.45) is 0 Å². The first-order chi connectivity index (χ1) is 5.38. The van der Waals surface area contributed by atoms with E-state index in [0.29, 0.717) is 4.83 Å². The van der Waals surface area contributed by atoms with Crippen LogP contribution in [0.5, 0.6) is 0 Å². The summed E-state index contributed by atoms with van der Waals surface area (Å²) in [5, 5.41) is 3.32. The molecular weight excluding hydrogens is 204 g/mol. The van der Waals surface area contributed by atoms with Crippen LogP contribution in [-0.4, -0.2) is 11.5 Å². The van der Waals surface area contributed by atoms with Crippen molar-refractivity contribution in [1.29, 1.82) is 0 Å². The summed E-state index contributed by atoms with van der Waals surface area (Å²) in [4.78, 5) is 4.56. The van der Waals surface area contributed by atoms with Gasteiger partial charge in [-0.3, -0.25) is 4.98 Å². The molecule has 2 rings (SSSR count). The molecule has 0 unspecified atom stereocenters. The molecule has 0 amide bonds. The van der Waals surface area contributed by atoms with Crippen LogP contribution in [-0.2, 0) is 0 Å². The zero-order valence-corrected chi connectivity index (χ0v) is 7.63. The number of aromatic nitrogens is 1. The van der Waals surface area contributed by atoms with Gasteiger partial charge in [-0.25, -0.2) is 0 Å². The van der Waals surface area contributed by atoms with E-state index in [2.05, 4.69) is 26.2 Å². The number of hydrogen-bond donors (Lipinski definition) is 1. The molecule has 0 fully saturated rings. The maximum Gasteiger partial charge on any atom is 0.0447 e. The highest BCUT2D eigenvalue weighted by Gasteiger charge is 2.16. The number of anilines is 1. The van der Waals surface area contributed by atoms with E-state index in [1.165, 1.54) is 11.3 Å². The Bertz CT molecular complexity index is 262. The van der Waals surface area contributed by atoms with Gasteiger partial charge in [0.2, 0.25) is 0 Å². The molecule has 1 aromatic rings. The van der Waals surface area contributed by atoms with Crippen molar-refractivity contribution in [1.82, 2.24) is 4.98 Å². The summed E-state index contributed by atoms with van der Waals surface area (Å²) in [5.41, 5.74) is 2.49. The molecule has 3 heteroatoms. The van der Waals surface area contributed by atoms with Crippen LogP contribution in [0.25, 0.3) is 0 Å². The third kappa shape index (κ3) is 1.25. The first kappa shape index (κ1) is 7.10. The van der Waals surface area contributed by atoms with Crippen molar-refractivity contribution in [2.75, 3.05) is 11.9 Å². The number of alkyl halides is 1. The Kier molecular flexibility index (Phi) is 1.82. The molecule has 0 aromatic carbocycles. The fourth-order valence-corrected chi connectivity index (χ4v) is 1.90. The fraction of sp³-hybridized carbons (Fsp3) is 0.375. The number of hydrogen-bond acceptors (Lipinski definition) is 2. The molecule has 58 valence electrons. The smallest absolute Gasteiger partial charge is 0.0447 e. The van der Waals surface area contributed by atoms with E-state index < -0.39 is 0 Å². The Morgan fingerprint density at radius 2 is 2.55 bits per heavy atom. The summed E-state index contributed by atoms with van der Waals surface area (Å²) in [5.74, 6) is 0. The summed E-state index contributed by atoms with van der Waals surface area (Å²) in [6.45, 7) is 1.05. The van der Waals surface area contributed by atoms with Crippen molar-refractivity contribution < 1.29 is 0 Å². The Balaban J connectivity index is 2.44. The number of nitrogens with zero attached hydrogens (tertiary/aromatic N) is 1. The lowest BCUT2D eigenvalue weighted by Gasteiger charge is -2.21. The second kappa shape index (κ2) is 2.81. The quantitative estimate of drug-likeness (QED) is 0.669. The van der Waals surface area contributed by atoms with E-state index in [0.717, 1.165) is 13.0 Å². The van der Waals surface area contributed by atoms with Gasteiger partial charge in [0, 0.05) is 35.0 Å². The Morgan fingerprint density at radius 3 is 3.36 bits per heavy atom. The molecule has 1 aliphatic heterocycles. The van der Waals surface area contributed by atoms with Crippen LogP contribution in [0.3, 0.4) is 0 Å². The number of rotatable bonds is 0. The third-order valence-corrected chi connectivity index (χ3v) is 2.85. The zero-order chi connectivity index (χ0) is 7.68. The number of pyridine rings is 1. The van der Waals surface area contributed by atoms with Crippen molar-refractivity contribution in [3.05, 3.63) is 24.0 Å². The highest BCUT2D eigenvalue weighted by atomic mass is 79.9. The van der Waals surface area contributed by atoms with Crippen LogP contribution in [0.4, 0.5) is 5.69 Å². The average molecular weight is 213 g/mol. The van der Waals surface area contributed by atoms with Crippen LogP contribution in [0, 0.1) is 0 Å². The van der Waals surface area contributed by atoms with Crippen LogP contribution >= 0.6 is 15.9 Å². The van der Waals surface area contributed by atoms with Crippen molar-refractivity contribution in [3.63, 3.8) is 0 Å². The largest absolute Gasteiger partial charge is 0.385 e. The van der Waals surface area contributed by atoms with Crippen LogP contribution in [0.2, 0.25) is 0 Å². The fourth-order valence-electron chi connectivity index (χ4n) is 1.31. The maximum atomic E-state index is 4.08.